The molecule has 0 aliphatic carbocycles. The smallest absolute Gasteiger partial charge is 0.261 e. The second-order valence-electron chi connectivity index (χ2n) is 6.57. The van der Waals surface area contributed by atoms with Crippen LogP contribution in [0, 0.1) is 11.7 Å². The van der Waals surface area contributed by atoms with Crippen LogP contribution in [0.5, 0.6) is 5.75 Å². The number of carbonyl (C=O) groups is 1. The zero-order valence-corrected chi connectivity index (χ0v) is 15.0. The molecule has 3 nitrogen and oxygen atoms in total. The van der Waals surface area contributed by atoms with E-state index in [1.165, 1.54) is 24.3 Å². The maximum Gasteiger partial charge on any atom is 0.261 e. The van der Waals surface area contributed by atoms with Gasteiger partial charge in [-0.1, -0.05) is 51.1 Å². The molecule has 1 N–H and O–H groups in total. The van der Waals surface area contributed by atoms with E-state index in [-0.39, 0.29) is 17.8 Å². The summed E-state index contributed by atoms with van der Waals surface area (Å²) in [6.45, 7) is 6.16. The topological polar surface area (TPSA) is 38.3 Å². The van der Waals surface area contributed by atoms with Crippen molar-refractivity contribution in [2.24, 2.45) is 5.92 Å². The Morgan fingerprint density at radius 2 is 1.72 bits per heavy atom. The van der Waals surface area contributed by atoms with Crippen molar-refractivity contribution in [1.29, 1.82) is 0 Å². The van der Waals surface area contributed by atoms with Crippen molar-refractivity contribution in [3.63, 3.8) is 0 Å². The molecule has 25 heavy (non-hydrogen) atoms. The Hall–Kier alpha value is -2.36. The summed E-state index contributed by atoms with van der Waals surface area (Å²) >= 11 is 0. The number of nitrogens with one attached hydrogen (secondary N) is 1. The van der Waals surface area contributed by atoms with Crippen LogP contribution >= 0.6 is 0 Å². The molecule has 0 saturated heterocycles. The Labute approximate surface area is 149 Å². The summed E-state index contributed by atoms with van der Waals surface area (Å²) in [7, 11) is 0. The third-order valence-electron chi connectivity index (χ3n) is 3.98. The molecule has 0 fully saturated rings. The SMILES string of the molecule is CC[C@H](Oc1ccc(F)cc1)C(=O)N[C@@H](CC(C)C)c1ccccc1. The fraction of sp³-hybridized carbons (Fsp3) is 0.381. The van der Waals surface area contributed by atoms with Gasteiger partial charge in [0.15, 0.2) is 6.10 Å². The van der Waals surface area contributed by atoms with E-state index in [0.29, 0.717) is 18.1 Å². The maximum absolute atomic E-state index is 13.0. The van der Waals surface area contributed by atoms with Gasteiger partial charge in [0, 0.05) is 0 Å². The van der Waals surface area contributed by atoms with E-state index in [1.54, 1.807) is 0 Å². The first-order chi connectivity index (χ1) is 12.0. The van der Waals surface area contributed by atoms with Gasteiger partial charge in [0.25, 0.3) is 5.91 Å². The van der Waals surface area contributed by atoms with Gasteiger partial charge in [-0.25, -0.2) is 4.39 Å². The Morgan fingerprint density at radius 1 is 1.08 bits per heavy atom. The molecule has 0 aliphatic heterocycles. The summed E-state index contributed by atoms with van der Waals surface area (Å²) in [5, 5.41) is 3.11. The predicted octanol–water partition coefficient (Wildman–Crippen LogP) is 4.89. The van der Waals surface area contributed by atoms with Gasteiger partial charge in [-0.15, -0.1) is 0 Å². The summed E-state index contributed by atoms with van der Waals surface area (Å²) < 4.78 is 18.8. The van der Waals surface area contributed by atoms with Crippen LogP contribution in [0.25, 0.3) is 0 Å². The molecule has 4 heteroatoms. The van der Waals surface area contributed by atoms with Gasteiger partial charge in [0.05, 0.1) is 6.04 Å². The molecular weight excluding hydrogens is 317 g/mol. The van der Waals surface area contributed by atoms with Crippen molar-refractivity contribution in [2.45, 2.75) is 45.8 Å². The van der Waals surface area contributed by atoms with E-state index in [9.17, 15) is 9.18 Å². The number of hydrogen-bond donors (Lipinski definition) is 1. The number of hydrogen-bond acceptors (Lipinski definition) is 2. The lowest BCUT2D eigenvalue weighted by Gasteiger charge is -2.24. The van der Waals surface area contributed by atoms with Crippen LogP contribution in [0.3, 0.4) is 0 Å². The quantitative estimate of drug-likeness (QED) is 0.741. The number of rotatable bonds is 8. The van der Waals surface area contributed by atoms with Crippen molar-refractivity contribution in [3.8, 4) is 5.75 Å². The lowest BCUT2D eigenvalue weighted by Crippen LogP contribution is -2.40. The van der Waals surface area contributed by atoms with E-state index < -0.39 is 6.10 Å². The van der Waals surface area contributed by atoms with Gasteiger partial charge in [-0.2, -0.15) is 0 Å². The molecule has 0 unspecified atom stereocenters. The zero-order chi connectivity index (χ0) is 18.2. The monoisotopic (exact) mass is 343 g/mol. The van der Waals surface area contributed by atoms with Gasteiger partial charge >= 0.3 is 0 Å². The van der Waals surface area contributed by atoms with Crippen molar-refractivity contribution in [2.75, 3.05) is 0 Å². The molecular formula is C21H26FNO2. The first-order valence-electron chi connectivity index (χ1n) is 8.77. The lowest BCUT2D eigenvalue weighted by molar-refractivity contribution is -0.129. The van der Waals surface area contributed by atoms with E-state index >= 15 is 0 Å². The van der Waals surface area contributed by atoms with Crippen LogP contribution < -0.4 is 10.1 Å². The molecule has 2 aromatic rings. The first kappa shape index (κ1) is 19.0. The number of halogens is 1. The molecule has 0 bridgehead atoms. The van der Waals surface area contributed by atoms with Gasteiger partial charge < -0.3 is 10.1 Å². The molecule has 0 saturated carbocycles. The summed E-state index contributed by atoms with van der Waals surface area (Å²) in [4.78, 5) is 12.7. The van der Waals surface area contributed by atoms with Gasteiger partial charge in [-0.05, 0) is 48.6 Å². The second-order valence-corrected chi connectivity index (χ2v) is 6.57. The Bertz CT molecular complexity index is 655. The summed E-state index contributed by atoms with van der Waals surface area (Å²) in [5.74, 6) is 0.458. The van der Waals surface area contributed by atoms with E-state index in [4.69, 9.17) is 4.74 Å². The highest BCUT2D eigenvalue weighted by Crippen LogP contribution is 2.22. The molecule has 0 heterocycles. The highest BCUT2D eigenvalue weighted by molar-refractivity contribution is 5.81. The third-order valence-corrected chi connectivity index (χ3v) is 3.98. The van der Waals surface area contributed by atoms with Gasteiger partial charge in [-0.3, -0.25) is 4.79 Å². The summed E-state index contributed by atoms with van der Waals surface area (Å²) in [5.41, 5.74) is 1.08. The normalized spacial score (nSPS) is 13.3. The molecule has 134 valence electrons. The van der Waals surface area contributed by atoms with E-state index in [0.717, 1.165) is 12.0 Å². The van der Waals surface area contributed by atoms with Crippen LogP contribution in [-0.4, -0.2) is 12.0 Å². The number of carbonyl (C=O) groups excluding carboxylic acids is 1. The van der Waals surface area contributed by atoms with Crippen molar-refractivity contribution < 1.29 is 13.9 Å². The number of benzene rings is 2. The molecule has 0 aromatic heterocycles. The molecule has 0 radical (unpaired) electrons. The largest absolute Gasteiger partial charge is 0.481 e. The average molecular weight is 343 g/mol. The van der Waals surface area contributed by atoms with Crippen LogP contribution in [-0.2, 0) is 4.79 Å². The maximum atomic E-state index is 13.0. The third kappa shape index (κ3) is 5.89. The number of ether oxygens (including phenoxy) is 1. The average Bonchev–Trinajstić information content (AvgIpc) is 2.61. The minimum atomic E-state index is -0.608. The zero-order valence-electron chi connectivity index (χ0n) is 15.0. The fourth-order valence-corrected chi connectivity index (χ4v) is 2.70. The van der Waals surface area contributed by atoms with Crippen LogP contribution in [0.15, 0.2) is 54.6 Å². The van der Waals surface area contributed by atoms with Crippen LogP contribution in [0.2, 0.25) is 0 Å². The first-order valence-corrected chi connectivity index (χ1v) is 8.77. The van der Waals surface area contributed by atoms with Crippen LogP contribution in [0.4, 0.5) is 4.39 Å². The summed E-state index contributed by atoms with van der Waals surface area (Å²) in [6, 6.07) is 15.6. The Balaban J connectivity index is 2.08. The lowest BCUT2D eigenvalue weighted by atomic mass is 9.96. The highest BCUT2D eigenvalue weighted by atomic mass is 19.1. The van der Waals surface area contributed by atoms with Crippen molar-refractivity contribution >= 4 is 5.91 Å². The molecule has 0 aliphatic rings. The van der Waals surface area contributed by atoms with Gasteiger partial charge in [0.1, 0.15) is 11.6 Å². The molecule has 1 amide bonds. The second kappa shape index (κ2) is 9.21. The van der Waals surface area contributed by atoms with Crippen molar-refractivity contribution in [1.82, 2.24) is 5.32 Å². The standard InChI is InChI=1S/C21H26FNO2/c1-4-20(25-18-12-10-17(22)11-13-18)21(24)23-19(14-15(2)3)16-8-6-5-7-9-16/h5-13,15,19-20H,4,14H2,1-3H3,(H,23,24)/t19-,20-/m0/s1. The van der Waals surface area contributed by atoms with Crippen LogP contribution in [0.1, 0.15) is 45.2 Å². The fourth-order valence-electron chi connectivity index (χ4n) is 2.70. The highest BCUT2D eigenvalue weighted by Gasteiger charge is 2.23. The van der Waals surface area contributed by atoms with E-state index in [2.05, 4.69) is 19.2 Å². The predicted molar refractivity (Wildman–Crippen MR) is 97.9 cm³/mol. The van der Waals surface area contributed by atoms with Crippen molar-refractivity contribution in [3.05, 3.63) is 66.0 Å². The number of amides is 1. The Morgan fingerprint density at radius 3 is 2.28 bits per heavy atom. The molecule has 2 aromatic carbocycles. The Kier molecular flexibility index (Phi) is 6.99. The van der Waals surface area contributed by atoms with E-state index in [1.807, 2.05) is 37.3 Å². The minimum Gasteiger partial charge on any atom is -0.481 e. The molecule has 2 rings (SSSR count). The molecule has 0 spiro atoms. The van der Waals surface area contributed by atoms with Gasteiger partial charge in [0.2, 0.25) is 0 Å². The summed E-state index contributed by atoms with van der Waals surface area (Å²) in [6.07, 6.45) is 0.777. The molecule has 2 atom stereocenters. The minimum absolute atomic E-state index is 0.0560.